The van der Waals surface area contributed by atoms with Crippen molar-refractivity contribution in [1.82, 2.24) is 0 Å². The van der Waals surface area contributed by atoms with Gasteiger partial charge in [0.15, 0.2) is 0 Å². The molecular weight excluding hydrogens is 749 g/mol. The van der Waals surface area contributed by atoms with Gasteiger partial charge < -0.3 is 9.80 Å². The van der Waals surface area contributed by atoms with E-state index in [4.69, 9.17) is 0 Å². The van der Waals surface area contributed by atoms with Gasteiger partial charge in [-0.15, -0.1) is 0 Å². The second-order valence-electron chi connectivity index (χ2n) is 16.0. The van der Waals surface area contributed by atoms with Crippen LogP contribution in [0.3, 0.4) is 0 Å². The maximum atomic E-state index is 2.44. The van der Waals surface area contributed by atoms with Crippen LogP contribution in [0.4, 0.5) is 28.4 Å². The zero-order valence-corrected chi connectivity index (χ0v) is 34.8. The number of nitrogens with zero attached hydrogens (tertiary/aromatic N) is 2. The Bertz CT molecular complexity index is 2790. The van der Waals surface area contributed by atoms with E-state index in [9.17, 15) is 0 Å². The van der Waals surface area contributed by atoms with Crippen LogP contribution in [0.5, 0.6) is 0 Å². The lowest BCUT2D eigenvalue weighted by molar-refractivity contribution is 0.851. The molecule has 8 aromatic rings. The van der Waals surface area contributed by atoms with Gasteiger partial charge in [0.05, 0.1) is 0 Å². The van der Waals surface area contributed by atoms with Crippen LogP contribution in [0, 0.1) is 0 Å². The molecule has 2 aliphatic rings. The summed E-state index contributed by atoms with van der Waals surface area (Å²) >= 11 is 0. The summed E-state index contributed by atoms with van der Waals surface area (Å²) < 4.78 is 0. The first-order chi connectivity index (χ1) is 30.7. The summed E-state index contributed by atoms with van der Waals surface area (Å²) in [7, 11) is 0. The molecule has 298 valence electrons. The summed E-state index contributed by atoms with van der Waals surface area (Å²) in [6.07, 6.45) is 15.7. The lowest BCUT2D eigenvalue weighted by Gasteiger charge is -2.30. The highest BCUT2D eigenvalue weighted by molar-refractivity contribution is 5.82. The van der Waals surface area contributed by atoms with E-state index in [0.29, 0.717) is 0 Å². The third-order valence-electron chi connectivity index (χ3n) is 12.1. The topological polar surface area (TPSA) is 6.48 Å². The first-order valence-electron chi connectivity index (χ1n) is 21.8. The van der Waals surface area contributed by atoms with Crippen molar-refractivity contribution in [2.24, 2.45) is 0 Å². The molecule has 0 radical (unpaired) electrons. The molecule has 62 heavy (non-hydrogen) atoms. The van der Waals surface area contributed by atoms with Crippen LogP contribution < -0.4 is 9.80 Å². The van der Waals surface area contributed by atoms with Crippen molar-refractivity contribution < 1.29 is 0 Å². The van der Waals surface area contributed by atoms with E-state index in [0.717, 1.165) is 48.4 Å². The fraction of sp³-hybridized carbons (Fsp3) is 0.0667. The van der Waals surface area contributed by atoms with Crippen LogP contribution in [-0.2, 0) is 0 Å². The SMILES string of the molecule is C1=CCCC(C2=CC=C(N(c3ccc(-c4ccccc4)cc3)c3ccc(-c4ccc(N(c5ccc(-c6ccccc6)cc5)c5ccc(-c6ccccc6)cc5)cc4)cc3)CC2)=C1. The van der Waals surface area contributed by atoms with Gasteiger partial charge in [-0.25, -0.2) is 0 Å². The minimum atomic E-state index is 0.983. The van der Waals surface area contributed by atoms with Gasteiger partial charge in [-0.1, -0.05) is 176 Å². The van der Waals surface area contributed by atoms with E-state index in [2.05, 4.69) is 253 Å². The summed E-state index contributed by atoms with van der Waals surface area (Å²) in [5, 5.41) is 0. The van der Waals surface area contributed by atoms with Gasteiger partial charge in [-0.3, -0.25) is 0 Å². The molecule has 2 aliphatic carbocycles. The molecule has 2 heteroatoms. The zero-order chi connectivity index (χ0) is 41.5. The Morgan fingerprint density at radius 3 is 0.887 bits per heavy atom. The average Bonchev–Trinajstić information content (AvgIpc) is 3.36. The standard InChI is InChI=1S/C60H48N2/c1-5-13-45(14-6-1)49-21-33-55(34-22-49)61(56-35-23-50(24-36-56)46-15-7-2-8-16-46)59-41-29-53(30-42-59)54-31-43-60(44-32-54)62(57-37-25-51(26-38-57)47-17-9-3-10-18-47)58-39-27-52(28-40-58)48-19-11-4-12-20-48/h1-11,13-19,21-27,29-39,41-44H,12,20,28,40H2. The first-order valence-corrected chi connectivity index (χ1v) is 21.8. The third-order valence-corrected chi connectivity index (χ3v) is 12.1. The number of anilines is 5. The van der Waals surface area contributed by atoms with Crippen LogP contribution >= 0.6 is 0 Å². The molecule has 0 unspecified atom stereocenters. The van der Waals surface area contributed by atoms with E-state index in [1.807, 2.05) is 0 Å². The summed E-state index contributed by atoms with van der Waals surface area (Å²) in [6, 6.07) is 76.6. The summed E-state index contributed by atoms with van der Waals surface area (Å²) in [5.41, 5.74) is 19.5. The van der Waals surface area contributed by atoms with Crippen molar-refractivity contribution in [3.05, 3.63) is 260 Å². The maximum absolute atomic E-state index is 2.44. The number of hydrogen-bond acceptors (Lipinski definition) is 2. The molecule has 0 saturated carbocycles. The third kappa shape index (κ3) is 8.37. The monoisotopic (exact) mass is 796 g/mol. The van der Waals surface area contributed by atoms with Gasteiger partial charge in [-0.05, 0) is 148 Å². The average molecular weight is 797 g/mol. The molecule has 0 atom stereocenters. The van der Waals surface area contributed by atoms with E-state index in [1.54, 1.807) is 0 Å². The Hall–Kier alpha value is -7.68. The predicted molar refractivity (Wildman–Crippen MR) is 263 cm³/mol. The van der Waals surface area contributed by atoms with Gasteiger partial charge in [0.1, 0.15) is 0 Å². The van der Waals surface area contributed by atoms with Gasteiger partial charge in [0.25, 0.3) is 0 Å². The Labute approximate surface area is 366 Å². The Kier molecular flexibility index (Phi) is 11.1. The molecule has 2 nitrogen and oxygen atoms in total. The van der Waals surface area contributed by atoms with Crippen LogP contribution in [0.1, 0.15) is 25.7 Å². The van der Waals surface area contributed by atoms with Crippen molar-refractivity contribution in [2.75, 3.05) is 9.80 Å². The minimum Gasteiger partial charge on any atom is -0.314 e. The highest BCUT2D eigenvalue weighted by Crippen LogP contribution is 2.40. The van der Waals surface area contributed by atoms with Gasteiger partial charge in [0.2, 0.25) is 0 Å². The highest BCUT2D eigenvalue weighted by atomic mass is 15.2. The van der Waals surface area contributed by atoms with Crippen molar-refractivity contribution in [1.29, 1.82) is 0 Å². The molecule has 0 fully saturated rings. The largest absolute Gasteiger partial charge is 0.314 e. The molecule has 0 heterocycles. The fourth-order valence-corrected chi connectivity index (χ4v) is 8.78. The number of benzene rings is 8. The van der Waals surface area contributed by atoms with Crippen molar-refractivity contribution in [3.63, 3.8) is 0 Å². The summed E-state index contributed by atoms with van der Waals surface area (Å²) in [4.78, 5) is 4.78. The van der Waals surface area contributed by atoms with Gasteiger partial charge in [-0.2, -0.15) is 0 Å². The molecule has 8 aromatic carbocycles. The van der Waals surface area contributed by atoms with Crippen molar-refractivity contribution in [3.8, 4) is 44.5 Å². The predicted octanol–water partition coefficient (Wildman–Crippen LogP) is 16.8. The molecule has 0 aromatic heterocycles. The normalized spacial score (nSPS) is 13.5. The second-order valence-corrected chi connectivity index (χ2v) is 16.0. The molecule has 10 rings (SSSR count). The van der Waals surface area contributed by atoms with Gasteiger partial charge in [0, 0.05) is 34.1 Å². The Morgan fingerprint density at radius 1 is 0.258 bits per heavy atom. The van der Waals surface area contributed by atoms with Crippen LogP contribution in [0.25, 0.3) is 44.5 Å². The summed E-state index contributed by atoms with van der Waals surface area (Å²) in [6.45, 7) is 0. The molecule has 0 bridgehead atoms. The second kappa shape index (κ2) is 17.9. The molecule has 0 saturated heterocycles. The molecule has 0 N–H and O–H groups in total. The first kappa shape index (κ1) is 38.5. The van der Waals surface area contributed by atoms with Crippen LogP contribution in [-0.4, -0.2) is 0 Å². The highest BCUT2D eigenvalue weighted by Gasteiger charge is 2.20. The smallest absolute Gasteiger partial charge is 0.0462 e. The van der Waals surface area contributed by atoms with Gasteiger partial charge >= 0.3 is 0 Å². The number of allylic oxidation sites excluding steroid dienone is 8. The Balaban J connectivity index is 0.953. The lowest BCUT2D eigenvalue weighted by atomic mass is 9.90. The minimum absolute atomic E-state index is 0.983. The summed E-state index contributed by atoms with van der Waals surface area (Å²) in [5.74, 6) is 0. The van der Waals surface area contributed by atoms with Crippen molar-refractivity contribution in [2.45, 2.75) is 25.7 Å². The maximum Gasteiger partial charge on any atom is 0.0462 e. The zero-order valence-electron chi connectivity index (χ0n) is 34.8. The number of rotatable bonds is 11. The quantitative estimate of drug-likeness (QED) is 0.129. The molecule has 0 aliphatic heterocycles. The molecular formula is C60H48N2. The molecule has 0 amide bonds. The van der Waals surface area contributed by atoms with E-state index in [1.165, 1.54) is 67.0 Å². The number of hydrogen-bond donors (Lipinski definition) is 0. The molecule has 0 spiro atoms. The van der Waals surface area contributed by atoms with Crippen molar-refractivity contribution >= 4 is 28.4 Å². The fourth-order valence-electron chi connectivity index (χ4n) is 8.78. The Morgan fingerprint density at radius 2 is 0.581 bits per heavy atom. The van der Waals surface area contributed by atoms with E-state index in [-0.39, 0.29) is 0 Å². The van der Waals surface area contributed by atoms with Crippen LogP contribution in [0.15, 0.2) is 260 Å². The van der Waals surface area contributed by atoms with Crippen LogP contribution in [0.2, 0.25) is 0 Å². The van der Waals surface area contributed by atoms with E-state index >= 15 is 0 Å². The van der Waals surface area contributed by atoms with E-state index < -0.39 is 0 Å². The lowest BCUT2D eigenvalue weighted by Crippen LogP contribution is -2.18.